The van der Waals surface area contributed by atoms with Gasteiger partial charge in [0.1, 0.15) is 5.69 Å². The van der Waals surface area contributed by atoms with Crippen molar-refractivity contribution in [3.63, 3.8) is 0 Å². The van der Waals surface area contributed by atoms with E-state index in [1.807, 2.05) is 19.1 Å². The molecule has 1 aromatic heterocycles. The normalized spacial score (nSPS) is 12.9. The fraction of sp³-hybridized carbons (Fsp3) is 0.500. The number of aliphatic hydroxyl groups excluding tert-OH is 1. The second-order valence-electron chi connectivity index (χ2n) is 7.17. The molecule has 0 amide bonds. The van der Waals surface area contributed by atoms with Crippen molar-refractivity contribution in [3.05, 3.63) is 53.2 Å². The number of aromatic nitrogens is 1. The Morgan fingerprint density at radius 1 is 1.04 bits per heavy atom. The lowest BCUT2D eigenvalue weighted by atomic mass is 10.0. The Hall–Kier alpha value is -1.92. The Bertz CT molecular complexity index is 730. The second-order valence-corrected chi connectivity index (χ2v) is 7.17. The quantitative estimate of drug-likeness (QED) is 0.511. The average Bonchev–Trinajstić information content (AvgIpc) is 2.66. The lowest BCUT2D eigenvalue weighted by Gasteiger charge is -2.16. The highest BCUT2D eigenvalue weighted by atomic mass is 19.4. The van der Waals surface area contributed by atoms with Gasteiger partial charge in [-0.1, -0.05) is 62.4 Å². The number of rotatable bonds is 10. The van der Waals surface area contributed by atoms with Gasteiger partial charge in [0.2, 0.25) is 0 Å². The maximum Gasteiger partial charge on any atom is 0.433 e. The number of aryl methyl sites for hydroxylation is 1. The van der Waals surface area contributed by atoms with Crippen LogP contribution in [0.25, 0.3) is 11.3 Å². The molecular formula is C22H29F3N2O. The van der Waals surface area contributed by atoms with Crippen LogP contribution in [0.4, 0.5) is 13.2 Å². The van der Waals surface area contributed by atoms with Gasteiger partial charge in [-0.3, -0.25) is 0 Å². The summed E-state index contributed by atoms with van der Waals surface area (Å²) in [6, 6.07) is 9.60. The highest BCUT2D eigenvalue weighted by Gasteiger charge is 2.33. The third kappa shape index (κ3) is 6.91. The molecule has 1 aromatic carbocycles. The first-order valence-electron chi connectivity index (χ1n) is 9.86. The molecule has 6 heteroatoms. The second kappa shape index (κ2) is 10.6. The lowest BCUT2D eigenvalue weighted by Crippen LogP contribution is -2.23. The van der Waals surface area contributed by atoms with Gasteiger partial charge in [0.25, 0.3) is 0 Å². The van der Waals surface area contributed by atoms with Crippen molar-refractivity contribution in [2.45, 2.75) is 58.2 Å². The third-order valence-electron chi connectivity index (χ3n) is 4.67. The van der Waals surface area contributed by atoms with E-state index in [2.05, 4.69) is 17.2 Å². The summed E-state index contributed by atoms with van der Waals surface area (Å²) in [7, 11) is 0. The van der Waals surface area contributed by atoms with E-state index in [1.165, 1.54) is 25.3 Å². The van der Waals surface area contributed by atoms with Crippen LogP contribution in [0.1, 0.15) is 62.0 Å². The van der Waals surface area contributed by atoms with E-state index in [0.29, 0.717) is 5.56 Å². The van der Waals surface area contributed by atoms with Crippen LogP contribution in [0.15, 0.2) is 36.4 Å². The Labute approximate surface area is 165 Å². The zero-order valence-electron chi connectivity index (χ0n) is 16.5. The van der Waals surface area contributed by atoms with Gasteiger partial charge in [-0.15, -0.1) is 0 Å². The van der Waals surface area contributed by atoms with Crippen molar-refractivity contribution in [2.75, 3.05) is 13.1 Å². The predicted molar refractivity (Wildman–Crippen MR) is 106 cm³/mol. The molecule has 2 rings (SSSR count). The number of pyridine rings is 1. The summed E-state index contributed by atoms with van der Waals surface area (Å²) in [5.74, 6) is 0. The van der Waals surface area contributed by atoms with Gasteiger partial charge in [0, 0.05) is 12.1 Å². The lowest BCUT2D eigenvalue weighted by molar-refractivity contribution is -0.141. The molecule has 154 valence electrons. The number of hydrogen-bond donors (Lipinski definition) is 2. The topological polar surface area (TPSA) is 45.1 Å². The first-order valence-corrected chi connectivity index (χ1v) is 9.86. The van der Waals surface area contributed by atoms with Crippen molar-refractivity contribution >= 4 is 0 Å². The highest BCUT2D eigenvalue weighted by Crippen LogP contribution is 2.32. The van der Waals surface area contributed by atoms with E-state index in [1.54, 1.807) is 12.1 Å². The standard InChI is InChI=1S/C22H29F3N2O/c1-3-4-5-6-7-12-26-15-20(28)18-13-19(17-10-8-16(2)9-11-17)27-21(14-18)22(23,24)25/h8-11,13-14,20,26,28H,3-7,12,15H2,1-2H3. The van der Waals surface area contributed by atoms with Crippen molar-refractivity contribution < 1.29 is 18.3 Å². The molecule has 1 heterocycles. The summed E-state index contributed by atoms with van der Waals surface area (Å²) in [5, 5.41) is 13.5. The van der Waals surface area contributed by atoms with E-state index >= 15 is 0 Å². The third-order valence-corrected chi connectivity index (χ3v) is 4.67. The Balaban J connectivity index is 2.09. The zero-order chi connectivity index (χ0) is 20.6. The van der Waals surface area contributed by atoms with Gasteiger partial charge in [-0.05, 0) is 37.6 Å². The van der Waals surface area contributed by atoms with Crippen LogP contribution in [0.5, 0.6) is 0 Å². The molecule has 0 bridgehead atoms. The van der Waals surface area contributed by atoms with Crippen LogP contribution in [0, 0.1) is 6.92 Å². The molecule has 2 aromatic rings. The molecule has 0 fully saturated rings. The van der Waals surface area contributed by atoms with Crippen LogP contribution in [0.2, 0.25) is 0 Å². The van der Waals surface area contributed by atoms with Crippen molar-refractivity contribution in [1.82, 2.24) is 10.3 Å². The van der Waals surface area contributed by atoms with Gasteiger partial charge in [-0.2, -0.15) is 13.2 Å². The van der Waals surface area contributed by atoms with E-state index < -0.39 is 18.0 Å². The minimum absolute atomic E-state index is 0.211. The number of alkyl halides is 3. The number of aliphatic hydroxyl groups is 1. The summed E-state index contributed by atoms with van der Waals surface area (Å²) in [6.07, 6.45) is 0.0830. The molecule has 28 heavy (non-hydrogen) atoms. The molecule has 3 nitrogen and oxygen atoms in total. The largest absolute Gasteiger partial charge is 0.433 e. The van der Waals surface area contributed by atoms with Gasteiger partial charge in [0.15, 0.2) is 0 Å². The number of nitrogens with zero attached hydrogens (tertiary/aromatic N) is 1. The summed E-state index contributed by atoms with van der Waals surface area (Å²) < 4.78 is 39.9. The van der Waals surface area contributed by atoms with Crippen LogP contribution >= 0.6 is 0 Å². The minimum Gasteiger partial charge on any atom is -0.387 e. The van der Waals surface area contributed by atoms with E-state index in [0.717, 1.165) is 31.0 Å². The molecule has 1 atom stereocenters. The molecule has 0 saturated heterocycles. The summed E-state index contributed by atoms with van der Waals surface area (Å²) in [4.78, 5) is 3.77. The summed E-state index contributed by atoms with van der Waals surface area (Å²) in [5.41, 5.74) is 1.05. The molecule has 0 saturated carbocycles. The molecule has 0 aliphatic heterocycles. The molecule has 2 N–H and O–H groups in total. The van der Waals surface area contributed by atoms with Crippen molar-refractivity contribution in [1.29, 1.82) is 0 Å². The van der Waals surface area contributed by atoms with Crippen LogP contribution < -0.4 is 5.32 Å². The monoisotopic (exact) mass is 394 g/mol. The molecule has 1 unspecified atom stereocenters. The fourth-order valence-corrected chi connectivity index (χ4v) is 2.97. The van der Waals surface area contributed by atoms with E-state index in [4.69, 9.17) is 0 Å². The van der Waals surface area contributed by atoms with Crippen LogP contribution in [-0.4, -0.2) is 23.2 Å². The van der Waals surface area contributed by atoms with Gasteiger partial charge in [0.05, 0.1) is 11.8 Å². The number of nitrogens with one attached hydrogen (secondary N) is 1. The number of halogens is 3. The highest BCUT2D eigenvalue weighted by molar-refractivity contribution is 5.61. The number of benzene rings is 1. The Morgan fingerprint density at radius 2 is 1.71 bits per heavy atom. The van der Waals surface area contributed by atoms with Gasteiger partial charge in [-0.25, -0.2) is 4.98 Å². The van der Waals surface area contributed by atoms with Crippen LogP contribution in [0.3, 0.4) is 0 Å². The zero-order valence-corrected chi connectivity index (χ0v) is 16.5. The number of unbranched alkanes of at least 4 members (excludes halogenated alkanes) is 4. The number of hydrogen-bond acceptors (Lipinski definition) is 3. The predicted octanol–water partition coefficient (Wildman–Crippen LogP) is 5.67. The SMILES string of the molecule is CCCCCCCNCC(O)c1cc(-c2ccc(C)cc2)nc(C(F)(F)F)c1. The molecule has 0 aliphatic rings. The smallest absolute Gasteiger partial charge is 0.387 e. The van der Waals surface area contributed by atoms with Crippen molar-refractivity contribution in [3.8, 4) is 11.3 Å². The van der Waals surface area contributed by atoms with Gasteiger partial charge >= 0.3 is 6.18 Å². The molecule has 0 spiro atoms. The van der Waals surface area contributed by atoms with Crippen LogP contribution in [-0.2, 0) is 6.18 Å². The maximum atomic E-state index is 13.3. The van der Waals surface area contributed by atoms with E-state index in [-0.39, 0.29) is 17.8 Å². The first-order chi connectivity index (χ1) is 13.3. The first kappa shape index (κ1) is 22.4. The molecule has 0 radical (unpaired) electrons. The van der Waals surface area contributed by atoms with Gasteiger partial charge < -0.3 is 10.4 Å². The Morgan fingerprint density at radius 3 is 2.36 bits per heavy atom. The average molecular weight is 394 g/mol. The fourth-order valence-electron chi connectivity index (χ4n) is 2.97. The summed E-state index contributed by atoms with van der Waals surface area (Å²) in [6.45, 7) is 5.01. The maximum absolute atomic E-state index is 13.3. The summed E-state index contributed by atoms with van der Waals surface area (Å²) >= 11 is 0. The molecule has 0 aliphatic carbocycles. The Kier molecular flexibility index (Phi) is 8.45. The van der Waals surface area contributed by atoms with E-state index in [9.17, 15) is 18.3 Å². The minimum atomic E-state index is -4.57. The molecular weight excluding hydrogens is 365 g/mol. The van der Waals surface area contributed by atoms with Crippen molar-refractivity contribution in [2.24, 2.45) is 0 Å².